The summed E-state index contributed by atoms with van der Waals surface area (Å²) >= 11 is 0. The molecule has 0 aromatic carbocycles. The minimum absolute atomic E-state index is 0.0459. The zero-order valence-electron chi connectivity index (χ0n) is 17.5. The molecule has 6 nitrogen and oxygen atoms in total. The van der Waals surface area contributed by atoms with Gasteiger partial charge in [0.15, 0.2) is 5.60 Å². The third-order valence-electron chi connectivity index (χ3n) is 7.34. The summed E-state index contributed by atoms with van der Waals surface area (Å²) in [7, 11) is 0. The Hall–Kier alpha value is -1.92. The van der Waals surface area contributed by atoms with Crippen LogP contribution < -0.4 is 0 Å². The summed E-state index contributed by atoms with van der Waals surface area (Å²) in [5, 5.41) is 11.5. The highest BCUT2D eigenvalue weighted by atomic mass is 16.6. The van der Waals surface area contributed by atoms with Gasteiger partial charge in [0.05, 0.1) is 6.10 Å². The molecule has 2 saturated heterocycles. The molecule has 3 fully saturated rings. The smallest absolute Gasteiger partial charge is 0.343 e. The van der Waals surface area contributed by atoms with Crippen LogP contribution in [0.5, 0.6) is 0 Å². The van der Waals surface area contributed by atoms with Crippen LogP contribution in [0.25, 0.3) is 0 Å². The topological polar surface area (TPSA) is 85.4 Å². The highest BCUT2D eigenvalue weighted by Crippen LogP contribution is 2.63. The van der Waals surface area contributed by atoms with Crippen molar-refractivity contribution in [3.05, 3.63) is 36.0 Å². The molecule has 0 bridgehead atoms. The lowest BCUT2D eigenvalue weighted by molar-refractivity contribution is -0.194. The van der Waals surface area contributed by atoms with E-state index in [1.54, 1.807) is 18.2 Å². The van der Waals surface area contributed by atoms with Crippen LogP contribution in [-0.4, -0.2) is 47.6 Å². The van der Waals surface area contributed by atoms with Gasteiger partial charge in [-0.05, 0) is 31.3 Å². The molecule has 0 aromatic rings. The number of carbonyl (C=O) groups is 2. The van der Waals surface area contributed by atoms with Crippen molar-refractivity contribution >= 4 is 11.9 Å². The first-order valence-electron chi connectivity index (χ1n) is 10.4. The van der Waals surface area contributed by atoms with E-state index in [1.807, 2.05) is 19.9 Å². The second-order valence-corrected chi connectivity index (χ2v) is 9.67. The number of hydrogen-bond donors (Lipinski definition) is 1. The van der Waals surface area contributed by atoms with Crippen LogP contribution in [0.3, 0.4) is 0 Å². The molecular formula is C23H30O6. The molecule has 0 unspecified atom stereocenters. The number of rotatable bonds is 4. The van der Waals surface area contributed by atoms with Gasteiger partial charge in [0.1, 0.15) is 18.8 Å². The molecule has 2 aliphatic carbocycles. The second kappa shape index (κ2) is 6.81. The van der Waals surface area contributed by atoms with Crippen molar-refractivity contribution in [2.75, 3.05) is 6.61 Å². The SMILES string of the molecule is C[C@H]1O[C@@H]1/C=C/C=C/C(=O)O[C@@H]1C=C2COC(=O)[C@]2(O)[C@@]2(C)CCCC(C)(C)[C@H]12. The number of aliphatic hydroxyl groups is 1. The van der Waals surface area contributed by atoms with Gasteiger partial charge in [0.25, 0.3) is 0 Å². The Morgan fingerprint density at radius 3 is 2.69 bits per heavy atom. The molecule has 0 aromatic heterocycles. The zero-order chi connectivity index (χ0) is 21.0. The Labute approximate surface area is 171 Å². The van der Waals surface area contributed by atoms with Crippen molar-refractivity contribution in [1.82, 2.24) is 0 Å². The van der Waals surface area contributed by atoms with Crippen molar-refractivity contribution in [3.63, 3.8) is 0 Å². The summed E-state index contributed by atoms with van der Waals surface area (Å²) in [6.07, 6.45) is 10.8. The van der Waals surface area contributed by atoms with Gasteiger partial charge in [-0.15, -0.1) is 0 Å². The molecule has 4 aliphatic rings. The number of allylic oxidation sites excluding steroid dienone is 2. The van der Waals surface area contributed by atoms with Crippen molar-refractivity contribution in [3.8, 4) is 0 Å². The average Bonchev–Trinajstić information content (AvgIpc) is 3.25. The second-order valence-electron chi connectivity index (χ2n) is 9.67. The fraction of sp³-hybridized carbons (Fsp3) is 0.652. The molecule has 6 atom stereocenters. The third-order valence-corrected chi connectivity index (χ3v) is 7.34. The molecule has 1 saturated carbocycles. The van der Waals surface area contributed by atoms with Crippen LogP contribution in [0.2, 0.25) is 0 Å². The van der Waals surface area contributed by atoms with Crippen LogP contribution in [0.4, 0.5) is 0 Å². The number of esters is 2. The predicted octanol–water partition coefficient (Wildman–Crippen LogP) is 2.86. The number of epoxide rings is 1. The number of hydrogen-bond acceptors (Lipinski definition) is 6. The van der Waals surface area contributed by atoms with E-state index in [4.69, 9.17) is 14.2 Å². The van der Waals surface area contributed by atoms with Gasteiger partial charge < -0.3 is 19.3 Å². The van der Waals surface area contributed by atoms with E-state index < -0.39 is 29.1 Å². The highest BCUT2D eigenvalue weighted by Gasteiger charge is 2.69. The Morgan fingerprint density at radius 2 is 2.00 bits per heavy atom. The summed E-state index contributed by atoms with van der Waals surface area (Å²) in [4.78, 5) is 25.0. The molecule has 0 radical (unpaired) electrons. The first-order valence-corrected chi connectivity index (χ1v) is 10.4. The average molecular weight is 402 g/mol. The molecule has 4 rings (SSSR count). The fourth-order valence-electron chi connectivity index (χ4n) is 5.83. The van der Waals surface area contributed by atoms with E-state index in [2.05, 4.69) is 13.8 Å². The molecule has 158 valence electrons. The van der Waals surface area contributed by atoms with E-state index >= 15 is 0 Å². The first kappa shape index (κ1) is 20.4. The first-order chi connectivity index (χ1) is 13.6. The Balaban J connectivity index is 1.59. The maximum atomic E-state index is 12.5. The lowest BCUT2D eigenvalue weighted by Crippen LogP contribution is -2.65. The molecule has 0 spiro atoms. The van der Waals surface area contributed by atoms with Gasteiger partial charge in [-0.25, -0.2) is 9.59 Å². The molecule has 6 heteroatoms. The number of fused-ring (bicyclic) bond motifs is 3. The summed E-state index contributed by atoms with van der Waals surface area (Å²) in [6, 6.07) is 0. The molecule has 2 aliphatic heterocycles. The lowest BCUT2D eigenvalue weighted by Gasteiger charge is -2.59. The molecule has 29 heavy (non-hydrogen) atoms. The number of carbonyl (C=O) groups excluding carboxylic acids is 2. The monoisotopic (exact) mass is 402 g/mol. The van der Waals surface area contributed by atoms with Crippen LogP contribution in [0, 0.1) is 16.7 Å². The molecular weight excluding hydrogens is 372 g/mol. The number of cyclic esters (lactones) is 1. The normalized spacial score (nSPS) is 42.9. The Bertz CT molecular complexity index is 808. The van der Waals surface area contributed by atoms with Crippen molar-refractivity contribution in [2.45, 2.75) is 70.9 Å². The molecule has 1 N–H and O–H groups in total. The third kappa shape index (κ3) is 3.17. The Kier molecular flexibility index (Phi) is 4.78. The largest absolute Gasteiger partial charge is 0.459 e. The summed E-state index contributed by atoms with van der Waals surface area (Å²) in [6.45, 7) is 8.21. The predicted molar refractivity (Wildman–Crippen MR) is 106 cm³/mol. The minimum Gasteiger partial charge on any atom is -0.459 e. The van der Waals surface area contributed by atoms with E-state index in [1.165, 1.54) is 6.08 Å². The molecule has 2 heterocycles. The maximum Gasteiger partial charge on any atom is 0.343 e. The zero-order valence-corrected chi connectivity index (χ0v) is 17.5. The van der Waals surface area contributed by atoms with Gasteiger partial charge in [-0.3, -0.25) is 0 Å². The van der Waals surface area contributed by atoms with Gasteiger partial charge in [0.2, 0.25) is 0 Å². The van der Waals surface area contributed by atoms with Crippen LogP contribution in [0.1, 0.15) is 47.0 Å². The summed E-state index contributed by atoms with van der Waals surface area (Å²) in [5.41, 5.74) is -2.08. The van der Waals surface area contributed by atoms with E-state index in [0.717, 1.165) is 12.8 Å². The van der Waals surface area contributed by atoms with Crippen LogP contribution >= 0.6 is 0 Å². The van der Waals surface area contributed by atoms with E-state index in [0.29, 0.717) is 12.0 Å². The van der Waals surface area contributed by atoms with Crippen LogP contribution in [-0.2, 0) is 23.8 Å². The van der Waals surface area contributed by atoms with Crippen molar-refractivity contribution in [1.29, 1.82) is 0 Å². The summed E-state index contributed by atoms with van der Waals surface area (Å²) in [5.74, 6) is -1.22. The summed E-state index contributed by atoms with van der Waals surface area (Å²) < 4.78 is 16.4. The fourth-order valence-corrected chi connectivity index (χ4v) is 5.83. The highest BCUT2D eigenvalue weighted by molar-refractivity contribution is 5.88. The minimum atomic E-state index is -1.64. The van der Waals surface area contributed by atoms with Crippen molar-refractivity contribution < 1.29 is 28.9 Å². The van der Waals surface area contributed by atoms with Gasteiger partial charge >= 0.3 is 11.9 Å². The van der Waals surface area contributed by atoms with Gasteiger partial charge in [-0.2, -0.15) is 0 Å². The van der Waals surface area contributed by atoms with E-state index in [9.17, 15) is 14.7 Å². The van der Waals surface area contributed by atoms with Crippen LogP contribution in [0.15, 0.2) is 36.0 Å². The number of ether oxygens (including phenoxy) is 3. The van der Waals surface area contributed by atoms with E-state index in [-0.39, 0.29) is 30.1 Å². The maximum absolute atomic E-state index is 12.5. The van der Waals surface area contributed by atoms with Gasteiger partial charge in [-0.1, -0.05) is 45.4 Å². The Morgan fingerprint density at radius 1 is 1.28 bits per heavy atom. The van der Waals surface area contributed by atoms with Gasteiger partial charge in [0, 0.05) is 23.0 Å². The quantitative estimate of drug-likeness (QED) is 0.256. The lowest BCUT2D eigenvalue weighted by atomic mass is 9.46. The molecule has 0 amide bonds. The standard InChI is InChI=1S/C23H30O6/c1-14-16(28-14)8-5-6-9-18(24)29-17-12-15-13-27-20(25)23(15,26)22(4)11-7-10-21(2,3)19(17)22/h5-6,8-9,12,14,16-17,19,26H,7,10-11,13H2,1-4H3/b8-5+,9-6+/t14-,16-,17-,19+,22+,23+/m1/s1. The van der Waals surface area contributed by atoms with Crippen molar-refractivity contribution in [2.24, 2.45) is 16.7 Å².